The lowest BCUT2D eigenvalue weighted by atomic mass is 9.99. The molecule has 1 unspecified atom stereocenters. The summed E-state index contributed by atoms with van der Waals surface area (Å²) < 4.78 is 0. The average molecular weight is 242 g/mol. The summed E-state index contributed by atoms with van der Waals surface area (Å²) >= 11 is 0. The van der Waals surface area contributed by atoms with Crippen LogP contribution in [-0.2, 0) is 0 Å². The highest BCUT2D eigenvalue weighted by atomic mass is 16.3. The fraction of sp³-hybridized carbons (Fsp3) is 1.00. The van der Waals surface area contributed by atoms with Gasteiger partial charge in [-0.1, -0.05) is 13.3 Å². The van der Waals surface area contributed by atoms with Crippen molar-refractivity contribution in [2.75, 3.05) is 19.6 Å². The van der Waals surface area contributed by atoms with E-state index in [0.29, 0.717) is 6.54 Å². The minimum atomic E-state index is -0.659. The number of unbranched alkanes of at least 4 members (excludes halogenated alkanes) is 2. The van der Waals surface area contributed by atoms with E-state index in [1.807, 2.05) is 6.92 Å². The van der Waals surface area contributed by atoms with Crippen molar-refractivity contribution in [2.45, 2.75) is 70.4 Å². The Balaban J connectivity index is 2.10. The fourth-order valence-electron chi connectivity index (χ4n) is 2.20. The molecule has 0 aromatic heterocycles. The van der Waals surface area contributed by atoms with Crippen molar-refractivity contribution in [3.8, 4) is 0 Å². The highest BCUT2D eigenvalue weighted by Crippen LogP contribution is 2.27. The van der Waals surface area contributed by atoms with E-state index in [1.165, 1.54) is 45.2 Å². The highest BCUT2D eigenvalue weighted by Gasteiger charge is 2.28. The molecule has 0 amide bonds. The molecule has 102 valence electrons. The molecule has 3 N–H and O–H groups in total. The largest absolute Gasteiger partial charge is 0.389 e. The van der Waals surface area contributed by atoms with Gasteiger partial charge < -0.3 is 15.7 Å². The van der Waals surface area contributed by atoms with Gasteiger partial charge in [0.05, 0.1) is 5.60 Å². The predicted octanol–water partition coefficient (Wildman–Crippen LogP) is 2.13. The number of aliphatic hydroxyl groups is 1. The molecule has 1 rings (SSSR count). The van der Waals surface area contributed by atoms with E-state index in [4.69, 9.17) is 5.73 Å². The van der Waals surface area contributed by atoms with E-state index >= 15 is 0 Å². The van der Waals surface area contributed by atoms with Gasteiger partial charge in [-0.2, -0.15) is 0 Å². The van der Waals surface area contributed by atoms with Gasteiger partial charge in [0.25, 0.3) is 0 Å². The SMILES string of the molecule is CCCCN(CCCCC(C)(O)CN)C1CC1. The molecule has 1 aliphatic rings. The number of hydrogen-bond donors (Lipinski definition) is 2. The van der Waals surface area contributed by atoms with Gasteiger partial charge in [0.2, 0.25) is 0 Å². The van der Waals surface area contributed by atoms with Crippen LogP contribution in [0.3, 0.4) is 0 Å². The Kier molecular flexibility index (Phi) is 6.45. The summed E-state index contributed by atoms with van der Waals surface area (Å²) in [5.41, 5.74) is 4.85. The first-order valence-corrected chi connectivity index (χ1v) is 7.25. The molecule has 3 nitrogen and oxygen atoms in total. The quantitative estimate of drug-likeness (QED) is 0.577. The Morgan fingerprint density at radius 3 is 2.41 bits per heavy atom. The average Bonchev–Trinajstić information content (AvgIpc) is 3.12. The standard InChI is InChI=1S/C14H30N2O/c1-3-4-10-16(13-7-8-13)11-6-5-9-14(2,17)12-15/h13,17H,3-12,15H2,1-2H3. The maximum Gasteiger partial charge on any atom is 0.0741 e. The molecule has 1 aliphatic carbocycles. The first kappa shape index (κ1) is 14.9. The van der Waals surface area contributed by atoms with Gasteiger partial charge in [-0.25, -0.2) is 0 Å². The lowest BCUT2D eigenvalue weighted by Crippen LogP contribution is -2.34. The summed E-state index contributed by atoms with van der Waals surface area (Å²) in [6.07, 6.45) is 8.49. The van der Waals surface area contributed by atoms with E-state index in [-0.39, 0.29) is 0 Å². The minimum absolute atomic E-state index is 0.370. The van der Waals surface area contributed by atoms with E-state index < -0.39 is 5.60 Å². The molecule has 0 heterocycles. The Morgan fingerprint density at radius 2 is 1.88 bits per heavy atom. The van der Waals surface area contributed by atoms with Crippen molar-refractivity contribution in [1.29, 1.82) is 0 Å². The molecule has 3 heteroatoms. The van der Waals surface area contributed by atoms with Crippen molar-refractivity contribution in [3.63, 3.8) is 0 Å². The zero-order valence-corrected chi connectivity index (χ0v) is 11.6. The molecular weight excluding hydrogens is 212 g/mol. The normalized spacial score (nSPS) is 19.6. The van der Waals surface area contributed by atoms with Crippen LogP contribution in [-0.4, -0.2) is 41.3 Å². The number of nitrogens with two attached hydrogens (primary N) is 1. The van der Waals surface area contributed by atoms with Crippen LogP contribution in [0.2, 0.25) is 0 Å². The second-order valence-corrected chi connectivity index (χ2v) is 5.78. The summed E-state index contributed by atoms with van der Waals surface area (Å²) in [4.78, 5) is 2.64. The summed E-state index contributed by atoms with van der Waals surface area (Å²) in [5.74, 6) is 0. The van der Waals surface area contributed by atoms with Gasteiger partial charge in [-0.3, -0.25) is 0 Å². The topological polar surface area (TPSA) is 49.5 Å². The van der Waals surface area contributed by atoms with Crippen LogP contribution in [0.25, 0.3) is 0 Å². The minimum Gasteiger partial charge on any atom is -0.389 e. The number of nitrogens with zero attached hydrogens (tertiary/aromatic N) is 1. The van der Waals surface area contributed by atoms with Gasteiger partial charge in [0.15, 0.2) is 0 Å². The molecule has 1 saturated carbocycles. The summed E-state index contributed by atoms with van der Waals surface area (Å²) in [7, 11) is 0. The Morgan fingerprint density at radius 1 is 1.24 bits per heavy atom. The Hall–Kier alpha value is -0.120. The van der Waals surface area contributed by atoms with Crippen molar-refractivity contribution in [2.24, 2.45) is 5.73 Å². The third-order valence-corrected chi connectivity index (χ3v) is 3.71. The zero-order valence-electron chi connectivity index (χ0n) is 11.6. The van der Waals surface area contributed by atoms with Crippen LogP contribution in [0.5, 0.6) is 0 Å². The summed E-state index contributed by atoms with van der Waals surface area (Å²) in [5, 5.41) is 9.81. The van der Waals surface area contributed by atoms with Crippen LogP contribution < -0.4 is 5.73 Å². The lowest BCUT2D eigenvalue weighted by molar-refractivity contribution is 0.0562. The van der Waals surface area contributed by atoms with E-state index in [0.717, 1.165) is 18.9 Å². The molecule has 0 aliphatic heterocycles. The van der Waals surface area contributed by atoms with Gasteiger partial charge in [-0.15, -0.1) is 0 Å². The smallest absolute Gasteiger partial charge is 0.0741 e. The van der Waals surface area contributed by atoms with Gasteiger partial charge in [0, 0.05) is 12.6 Å². The van der Waals surface area contributed by atoms with Crippen molar-refractivity contribution in [3.05, 3.63) is 0 Å². The second-order valence-electron chi connectivity index (χ2n) is 5.78. The third-order valence-electron chi connectivity index (χ3n) is 3.71. The van der Waals surface area contributed by atoms with Crippen LogP contribution >= 0.6 is 0 Å². The van der Waals surface area contributed by atoms with E-state index in [9.17, 15) is 5.11 Å². The third kappa shape index (κ3) is 6.39. The van der Waals surface area contributed by atoms with Gasteiger partial charge >= 0.3 is 0 Å². The molecule has 0 spiro atoms. The molecule has 17 heavy (non-hydrogen) atoms. The van der Waals surface area contributed by atoms with E-state index in [1.54, 1.807) is 0 Å². The van der Waals surface area contributed by atoms with E-state index in [2.05, 4.69) is 11.8 Å². The molecule has 1 fully saturated rings. The molecule has 0 aromatic carbocycles. The van der Waals surface area contributed by atoms with Crippen molar-refractivity contribution >= 4 is 0 Å². The fourth-order valence-corrected chi connectivity index (χ4v) is 2.20. The maximum atomic E-state index is 9.81. The second kappa shape index (κ2) is 7.34. The first-order chi connectivity index (χ1) is 8.09. The van der Waals surface area contributed by atoms with Gasteiger partial charge in [-0.05, 0) is 58.5 Å². The highest BCUT2D eigenvalue weighted by molar-refractivity contribution is 4.84. The molecule has 1 atom stereocenters. The molecule has 0 radical (unpaired) electrons. The maximum absolute atomic E-state index is 9.81. The summed E-state index contributed by atoms with van der Waals surface area (Å²) in [6, 6.07) is 0.872. The Labute approximate surface area is 106 Å². The predicted molar refractivity (Wildman–Crippen MR) is 73.0 cm³/mol. The Bertz CT molecular complexity index is 202. The van der Waals surface area contributed by atoms with Crippen LogP contribution in [0.4, 0.5) is 0 Å². The van der Waals surface area contributed by atoms with Gasteiger partial charge in [0.1, 0.15) is 0 Å². The molecule has 0 saturated heterocycles. The van der Waals surface area contributed by atoms with Crippen LogP contribution in [0.15, 0.2) is 0 Å². The van der Waals surface area contributed by atoms with Crippen molar-refractivity contribution in [1.82, 2.24) is 4.90 Å². The molecule has 0 bridgehead atoms. The van der Waals surface area contributed by atoms with Crippen molar-refractivity contribution < 1.29 is 5.11 Å². The summed E-state index contributed by atoms with van der Waals surface area (Å²) in [6.45, 7) is 6.92. The van der Waals surface area contributed by atoms with Crippen LogP contribution in [0.1, 0.15) is 58.8 Å². The molecular formula is C14H30N2O. The zero-order chi connectivity index (χ0) is 12.7. The van der Waals surface area contributed by atoms with Crippen LogP contribution in [0, 0.1) is 0 Å². The monoisotopic (exact) mass is 242 g/mol. The lowest BCUT2D eigenvalue weighted by Gasteiger charge is -2.24. The number of hydrogen-bond acceptors (Lipinski definition) is 3. The molecule has 0 aromatic rings. The first-order valence-electron chi connectivity index (χ1n) is 7.25. The number of rotatable bonds is 10.